The summed E-state index contributed by atoms with van der Waals surface area (Å²) in [5.41, 5.74) is 1.84. The zero-order valence-electron chi connectivity index (χ0n) is 10.6. The van der Waals surface area contributed by atoms with Crippen LogP contribution in [0.3, 0.4) is 0 Å². The van der Waals surface area contributed by atoms with Gasteiger partial charge in [-0.1, -0.05) is 24.3 Å². The summed E-state index contributed by atoms with van der Waals surface area (Å²) < 4.78 is 0. The standard InChI is InChI=1S/C13H15N3O3/c1-9(17)14-6-10-2-4-11(5-3-10)8-16-12(18)7-15-13(16)19/h2-5H,6-8H2,1H3,(H,14,17)(H,15,19). The Morgan fingerprint density at radius 1 is 1.26 bits per heavy atom. The van der Waals surface area contributed by atoms with Crippen LogP contribution in [0.2, 0.25) is 0 Å². The van der Waals surface area contributed by atoms with Gasteiger partial charge in [0.15, 0.2) is 0 Å². The SMILES string of the molecule is CC(=O)NCc1ccc(CN2C(=O)CNC2=O)cc1. The number of hydrogen-bond donors (Lipinski definition) is 2. The fourth-order valence-corrected chi connectivity index (χ4v) is 1.79. The minimum absolute atomic E-state index is 0.0689. The van der Waals surface area contributed by atoms with Crippen LogP contribution < -0.4 is 10.6 Å². The Morgan fingerprint density at radius 2 is 1.89 bits per heavy atom. The second-order valence-corrected chi connectivity index (χ2v) is 4.36. The van der Waals surface area contributed by atoms with Crippen LogP contribution >= 0.6 is 0 Å². The summed E-state index contributed by atoms with van der Waals surface area (Å²) in [5.74, 6) is -0.296. The van der Waals surface area contributed by atoms with Crippen LogP contribution in [0.4, 0.5) is 4.79 Å². The molecule has 1 aliphatic heterocycles. The normalized spacial score (nSPS) is 14.5. The Balaban J connectivity index is 1.97. The van der Waals surface area contributed by atoms with Crippen LogP contribution in [-0.2, 0) is 22.7 Å². The van der Waals surface area contributed by atoms with Crippen LogP contribution in [0.25, 0.3) is 0 Å². The predicted molar refractivity (Wildman–Crippen MR) is 67.9 cm³/mol. The maximum absolute atomic E-state index is 11.4. The molecule has 0 aliphatic carbocycles. The van der Waals surface area contributed by atoms with Gasteiger partial charge in [0.2, 0.25) is 11.8 Å². The van der Waals surface area contributed by atoms with Gasteiger partial charge in [-0.15, -0.1) is 0 Å². The van der Waals surface area contributed by atoms with Gasteiger partial charge >= 0.3 is 6.03 Å². The second kappa shape index (κ2) is 5.51. The van der Waals surface area contributed by atoms with Crippen molar-refractivity contribution < 1.29 is 14.4 Å². The Morgan fingerprint density at radius 3 is 2.42 bits per heavy atom. The number of amides is 4. The van der Waals surface area contributed by atoms with Crippen molar-refractivity contribution in [1.29, 1.82) is 0 Å². The predicted octanol–water partition coefficient (Wildman–Crippen LogP) is 0.374. The third-order valence-electron chi connectivity index (χ3n) is 2.84. The molecule has 1 heterocycles. The first-order chi connectivity index (χ1) is 9.06. The van der Waals surface area contributed by atoms with Gasteiger partial charge < -0.3 is 10.6 Å². The van der Waals surface area contributed by atoms with E-state index in [4.69, 9.17) is 0 Å². The van der Waals surface area contributed by atoms with E-state index < -0.39 is 0 Å². The lowest BCUT2D eigenvalue weighted by Crippen LogP contribution is -2.30. The average Bonchev–Trinajstić information content (AvgIpc) is 2.70. The number of rotatable bonds is 4. The molecule has 6 heteroatoms. The molecule has 1 saturated heterocycles. The number of hydrogen-bond acceptors (Lipinski definition) is 3. The lowest BCUT2D eigenvalue weighted by Gasteiger charge is -2.12. The van der Waals surface area contributed by atoms with Gasteiger partial charge in [0, 0.05) is 13.5 Å². The summed E-state index contributed by atoms with van der Waals surface area (Å²) in [7, 11) is 0. The molecule has 0 radical (unpaired) electrons. The molecule has 1 aliphatic rings. The maximum Gasteiger partial charge on any atom is 0.324 e. The highest BCUT2D eigenvalue weighted by Crippen LogP contribution is 2.10. The van der Waals surface area contributed by atoms with Crippen molar-refractivity contribution in [3.8, 4) is 0 Å². The third-order valence-corrected chi connectivity index (χ3v) is 2.84. The molecule has 2 N–H and O–H groups in total. The molecule has 0 saturated carbocycles. The number of carbonyl (C=O) groups is 3. The topological polar surface area (TPSA) is 78.5 Å². The van der Waals surface area contributed by atoms with E-state index >= 15 is 0 Å². The highest BCUT2D eigenvalue weighted by molar-refractivity contribution is 6.01. The van der Waals surface area contributed by atoms with E-state index in [-0.39, 0.29) is 30.9 Å². The van der Waals surface area contributed by atoms with Gasteiger partial charge in [-0.25, -0.2) is 4.79 Å². The number of urea groups is 1. The summed E-state index contributed by atoms with van der Waals surface area (Å²) in [4.78, 5) is 34.8. The Hall–Kier alpha value is -2.37. The van der Waals surface area contributed by atoms with Crippen LogP contribution in [0.15, 0.2) is 24.3 Å². The van der Waals surface area contributed by atoms with E-state index in [0.29, 0.717) is 6.54 Å². The molecule has 100 valence electrons. The van der Waals surface area contributed by atoms with Crippen molar-refractivity contribution in [2.75, 3.05) is 6.54 Å². The molecule has 2 rings (SSSR count). The van der Waals surface area contributed by atoms with Crippen LogP contribution in [0, 0.1) is 0 Å². The van der Waals surface area contributed by atoms with E-state index in [0.717, 1.165) is 11.1 Å². The van der Waals surface area contributed by atoms with Crippen molar-refractivity contribution in [2.24, 2.45) is 0 Å². The van der Waals surface area contributed by atoms with Gasteiger partial charge in [0.05, 0.1) is 13.1 Å². The number of carbonyl (C=O) groups excluding carboxylic acids is 3. The maximum atomic E-state index is 11.4. The van der Waals surface area contributed by atoms with Gasteiger partial charge in [0.1, 0.15) is 0 Å². The summed E-state index contributed by atoms with van der Waals surface area (Å²) in [6.07, 6.45) is 0. The highest BCUT2D eigenvalue weighted by Gasteiger charge is 2.28. The zero-order chi connectivity index (χ0) is 13.8. The molecule has 1 aromatic carbocycles. The van der Waals surface area contributed by atoms with Crippen LogP contribution in [0.5, 0.6) is 0 Å². The number of nitrogens with zero attached hydrogens (tertiary/aromatic N) is 1. The Labute approximate surface area is 110 Å². The fourth-order valence-electron chi connectivity index (χ4n) is 1.79. The molecule has 6 nitrogen and oxygen atoms in total. The van der Waals surface area contributed by atoms with Crippen molar-refractivity contribution in [1.82, 2.24) is 15.5 Å². The highest BCUT2D eigenvalue weighted by atomic mass is 16.2. The number of benzene rings is 1. The molecule has 0 atom stereocenters. The molecule has 19 heavy (non-hydrogen) atoms. The van der Waals surface area contributed by atoms with Crippen molar-refractivity contribution in [3.63, 3.8) is 0 Å². The Bertz CT molecular complexity index is 494. The minimum Gasteiger partial charge on any atom is -0.352 e. The fraction of sp³-hybridized carbons (Fsp3) is 0.308. The van der Waals surface area contributed by atoms with Crippen molar-refractivity contribution in [3.05, 3.63) is 35.4 Å². The van der Waals surface area contributed by atoms with E-state index in [1.54, 1.807) is 0 Å². The summed E-state index contributed by atoms with van der Waals surface area (Å²) in [5, 5.41) is 5.17. The largest absolute Gasteiger partial charge is 0.352 e. The third kappa shape index (κ3) is 3.31. The quantitative estimate of drug-likeness (QED) is 0.769. The average molecular weight is 261 g/mol. The number of nitrogens with one attached hydrogen (secondary N) is 2. The van der Waals surface area contributed by atoms with Gasteiger partial charge in [0.25, 0.3) is 0 Å². The van der Waals surface area contributed by atoms with Gasteiger partial charge in [-0.05, 0) is 11.1 Å². The molecular weight excluding hydrogens is 246 g/mol. The molecule has 1 fully saturated rings. The second-order valence-electron chi connectivity index (χ2n) is 4.36. The van der Waals surface area contributed by atoms with E-state index in [1.165, 1.54) is 11.8 Å². The first kappa shape index (κ1) is 13.1. The van der Waals surface area contributed by atoms with Gasteiger partial charge in [-0.2, -0.15) is 0 Å². The van der Waals surface area contributed by atoms with Gasteiger partial charge in [-0.3, -0.25) is 14.5 Å². The monoisotopic (exact) mass is 261 g/mol. The molecule has 4 amide bonds. The molecule has 1 aromatic rings. The molecule has 0 spiro atoms. The van der Waals surface area contributed by atoms with E-state index in [9.17, 15) is 14.4 Å². The molecule has 0 unspecified atom stereocenters. The smallest absolute Gasteiger partial charge is 0.324 e. The summed E-state index contributed by atoms with van der Waals surface area (Å²) in [6, 6.07) is 7.06. The minimum atomic E-state index is -0.354. The first-order valence-corrected chi connectivity index (χ1v) is 5.96. The zero-order valence-corrected chi connectivity index (χ0v) is 10.6. The lowest BCUT2D eigenvalue weighted by molar-refractivity contribution is -0.125. The Kier molecular flexibility index (Phi) is 3.79. The molecule has 0 aromatic heterocycles. The van der Waals surface area contributed by atoms with Crippen molar-refractivity contribution >= 4 is 17.8 Å². The van der Waals surface area contributed by atoms with Crippen molar-refractivity contribution in [2.45, 2.75) is 20.0 Å². The summed E-state index contributed by atoms with van der Waals surface area (Å²) in [6.45, 7) is 2.27. The van der Waals surface area contributed by atoms with Crippen LogP contribution in [0.1, 0.15) is 18.1 Å². The first-order valence-electron chi connectivity index (χ1n) is 5.96. The summed E-state index contributed by atoms with van der Waals surface area (Å²) >= 11 is 0. The molecular formula is C13H15N3O3. The lowest BCUT2D eigenvalue weighted by atomic mass is 10.1. The number of imide groups is 1. The van der Waals surface area contributed by atoms with E-state index in [1.807, 2.05) is 24.3 Å². The van der Waals surface area contributed by atoms with E-state index in [2.05, 4.69) is 10.6 Å². The van der Waals surface area contributed by atoms with Crippen LogP contribution in [-0.4, -0.2) is 29.3 Å². The molecule has 0 bridgehead atoms.